The summed E-state index contributed by atoms with van der Waals surface area (Å²) in [5.41, 5.74) is -0.224. The highest BCUT2D eigenvalue weighted by atomic mass is 32.2. The number of aromatic nitrogens is 3. The van der Waals surface area contributed by atoms with Crippen molar-refractivity contribution in [2.24, 2.45) is 0 Å². The molecule has 4 rings (SSSR count). The number of thioether (sulfide) groups is 1. The van der Waals surface area contributed by atoms with Crippen LogP contribution in [-0.2, 0) is 17.5 Å². The van der Waals surface area contributed by atoms with E-state index in [0.717, 1.165) is 23.9 Å². The average molecular weight is 590 g/mol. The van der Waals surface area contributed by atoms with Gasteiger partial charge in [0.25, 0.3) is 5.91 Å². The van der Waals surface area contributed by atoms with E-state index in [2.05, 4.69) is 20.8 Å². The van der Waals surface area contributed by atoms with E-state index in [1.807, 2.05) is 0 Å². The molecular formula is C27H23F4N5O4S. The molecule has 1 aromatic heterocycles. The molecule has 0 radical (unpaired) electrons. The van der Waals surface area contributed by atoms with Gasteiger partial charge < -0.3 is 20.1 Å². The summed E-state index contributed by atoms with van der Waals surface area (Å²) in [4.78, 5) is 25.4. The number of nitrogens with one attached hydrogen (secondary N) is 2. The molecule has 0 bridgehead atoms. The first-order valence-electron chi connectivity index (χ1n) is 11.9. The molecule has 0 unspecified atom stereocenters. The van der Waals surface area contributed by atoms with Crippen molar-refractivity contribution in [1.29, 1.82) is 0 Å². The maximum Gasteiger partial charge on any atom is 0.416 e. The number of carbonyl (C=O) groups is 2. The Hall–Kier alpha value is -4.59. The summed E-state index contributed by atoms with van der Waals surface area (Å²) >= 11 is 0.923. The smallest absolute Gasteiger partial charge is 0.416 e. The third kappa shape index (κ3) is 7.54. The normalized spacial score (nSPS) is 11.2. The molecule has 0 saturated carbocycles. The van der Waals surface area contributed by atoms with Crippen molar-refractivity contribution in [3.05, 3.63) is 89.5 Å². The van der Waals surface area contributed by atoms with Crippen LogP contribution in [0.3, 0.4) is 0 Å². The van der Waals surface area contributed by atoms with Crippen molar-refractivity contribution in [3.63, 3.8) is 0 Å². The predicted molar refractivity (Wildman–Crippen MR) is 143 cm³/mol. The molecule has 1 heterocycles. The molecule has 9 nitrogen and oxygen atoms in total. The number of carbonyl (C=O) groups excluding carboxylic acids is 2. The quantitative estimate of drug-likeness (QED) is 0.196. The lowest BCUT2D eigenvalue weighted by Gasteiger charge is -2.14. The SMILES string of the molecule is COc1cc(OC)cc(C(=O)NCc2nnc(SCC(=O)Nc3ccc(F)cc3)n2-c2cccc(C(F)(F)F)c2)c1. The van der Waals surface area contributed by atoms with E-state index in [-0.39, 0.29) is 34.5 Å². The number of rotatable bonds is 10. The van der Waals surface area contributed by atoms with Gasteiger partial charge in [-0.05, 0) is 54.6 Å². The van der Waals surface area contributed by atoms with Gasteiger partial charge in [-0.2, -0.15) is 13.2 Å². The molecular weight excluding hydrogens is 566 g/mol. The number of amides is 2. The minimum atomic E-state index is -4.60. The second-order valence-electron chi connectivity index (χ2n) is 8.41. The van der Waals surface area contributed by atoms with Crippen molar-refractivity contribution >= 4 is 29.3 Å². The Morgan fingerprint density at radius 3 is 2.27 bits per heavy atom. The van der Waals surface area contributed by atoms with Crippen LogP contribution in [0.15, 0.2) is 71.9 Å². The van der Waals surface area contributed by atoms with Crippen LogP contribution < -0.4 is 20.1 Å². The standard InChI is InChI=1S/C27H23F4N5O4S/c1-39-21-10-16(11-22(13-21)40-2)25(38)32-14-23-34-35-26(36(23)20-5-3-4-17(12-20)27(29,30)31)41-15-24(37)33-19-8-6-18(28)7-9-19/h3-13H,14-15H2,1-2H3,(H,32,38)(H,33,37). The van der Waals surface area contributed by atoms with Crippen molar-refractivity contribution in [2.45, 2.75) is 17.9 Å². The molecule has 0 aliphatic carbocycles. The number of halogens is 4. The van der Waals surface area contributed by atoms with Crippen LogP contribution >= 0.6 is 11.8 Å². The van der Waals surface area contributed by atoms with Crippen molar-refractivity contribution in [1.82, 2.24) is 20.1 Å². The van der Waals surface area contributed by atoms with Crippen LogP contribution in [-0.4, -0.2) is 46.6 Å². The van der Waals surface area contributed by atoms with Crippen LogP contribution in [0, 0.1) is 5.82 Å². The van der Waals surface area contributed by atoms with Crippen LogP contribution in [0.4, 0.5) is 23.2 Å². The van der Waals surface area contributed by atoms with Gasteiger partial charge in [-0.1, -0.05) is 17.8 Å². The van der Waals surface area contributed by atoms with Crippen LogP contribution in [0.25, 0.3) is 5.69 Å². The molecule has 2 amide bonds. The van der Waals surface area contributed by atoms with Gasteiger partial charge in [0, 0.05) is 17.3 Å². The van der Waals surface area contributed by atoms with Crippen molar-refractivity contribution in [3.8, 4) is 17.2 Å². The fraction of sp³-hybridized carbons (Fsp3) is 0.185. The van der Waals surface area contributed by atoms with Gasteiger partial charge in [0.15, 0.2) is 11.0 Å². The summed E-state index contributed by atoms with van der Waals surface area (Å²) in [7, 11) is 2.88. The maximum absolute atomic E-state index is 13.5. The van der Waals surface area contributed by atoms with Crippen molar-refractivity contribution in [2.75, 3.05) is 25.3 Å². The Morgan fingerprint density at radius 1 is 0.951 bits per heavy atom. The molecule has 41 heavy (non-hydrogen) atoms. The summed E-state index contributed by atoms with van der Waals surface area (Å²) in [5, 5.41) is 13.5. The fourth-order valence-electron chi connectivity index (χ4n) is 3.65. The van der Waals surface area contributed by atoms with Gasteiger partial charge in [0.1, 0.15) is 17.3 Å². The van der Waals surface area contributed by atoms with Crippen LogP contribution in [0.1, 0.15) is 21.7 Å². The summed E-state index contributed by atoms with van der Waals surface area (Å²) in [6, 6.07) is 14.3. The Labute approximate surface area is 235 Å². The molecule has 3 aromatic carbocycles. The zero-order valence-corrected chi connectivity index (χ0v) is 22.5. The Morgan fingerprint density at radius 2 is 1.63 bits per heavy atom. The van der Waals surface area contributed by atoms with Gasteiger partial charge in [-0.25, -0.2) is 4.39 Å². The summed E-state index contributed by atoms with van der Waals surface area (Å²) in [5.74, 6) is -0.718. The molecule has 4 aromatic rings. The average Bonchev–Trinajstić information content (AvgIpc) is 3.38. The molecule has 0 aliphatic heterocycles. The third-order valence-electron chi connectivity index (χ3n) is 5.61. The number of nitrogens with zero attached hydrogens (tertiary/aromatic N) is 3. The predicted octanol–water partition coefficient (Wildman–Crippen LogP) is 5.10. The van der Waals surface area contributed by atoms with Crippen molar-refractivity contribution < 1.29 is 36.6 Å². The number of hydrogen-bond donors (Lipinski definition) is 2. The number of hydrogen-bond acceptors (Lipinski definition) is 7. The molecule has 0 aliphatic rings. The van der Waals surface area contributed by atoms with E-state index in [0.29, 0.717) is 17.2 Å². The van der Waals surface area contributed by atoms with E-state index >= 15 is 0 Å². The Bertz CT molecular complexity index is 1520. The summed E-state index contributed by atoms with van der Waals surface area (Å²) in [6.45, 7) is -0.204. The second kappa shape index (κ2) is 12.7. The van der Waals surface area contributed by atoms with Gasteiger partial charge in [-0.15, -0.1) is 10.2 Å². The largest absolute Gasteiger partial charge is 0.497 e. The topological polar surface area (TPSA) is 107 Å². The van der Waals surface area contributed by atoms with Crippen LogP contribution in [0.5, 0.6) is 11.5 Å². The van der Waals surface area contributed by atoms with E-state index in [9.17, 15) is 27.2 Å². The first-order valence-corrected chi connectivity index (χ1v) is 12.9. The fourth-order valence-corrected chi connectivity index (χ4v) is 4.42. The molecule has 0 fully saturated rings. The first kappa shape index (κ1) is 29.4. The zero-order valence-electron chi connectivity index (χ0n) is 21.7. The minimum Gasteiger partial charge on any atom is -0.497 e. The van der Waals surface area contributed by atoms with Gasteiger partial charge in [0.05, 0.1) is 37.8 Å². The van der Waals surface area contributed by atoms with E-state index in [1.165, 1.54) is 67.3 Å². The number of methoxy groups -OCH3 is 2. The van der Waals surface area contributed by atoms with E-state index in [1.54, 1.807) is 6.07 Å². The number of benzene rings is 3. The lowest BCUT2D eigenvalue weighted by molar-refractivity contribution is -0.137. The zero-order chi connectivity index (χ0) is 29.6. The molecule has 0 atom stereocenters. The molecule has 0 spiro atoms. The first-order chi connectivity index (χ1) is 19.6. The third-order valence-corrected chi connectivity index (χ3v) is 6.54. The second-order valence-corrected chi connectivity index (χ2v) is 9.35. The van der Waals surface area contributed by atoms with E-state index in [4.69, 9.17) is 9.47 Å². The minimum absolute atomic E-state index is 0.0820. The molecule has 14 heteroatoms. The molecule has 214 valence electrons. The van der Waals surface area contributed by atoms with Crippen LogP contribution in [0.2, 0.25) is 0 Å². The molecule has 2 N–H and O–H groups in total. The Kier molecular flexibility index (Phi) is 9.12. The van der Waals surface area contributed by atoms with E-state index < -0.39 is 29.4 Å². The monoisotopic (exact) mass is 589 g/mol. The summed E-state index contributed by atoms with van der Waals surface area (Å²) in [6.07, 6.45) is -4.60. The highest BCUT2D eigenvalue weighted by Gasteiger charge is 2.31. The van der Waals surface area contributed by atoms with Gasteiger partial charge in [0.2, 0.25) is 5.91 Å². The van der Waals surface area contributed by atoms with Gasteiger partial charge in [-0.3, -0.25) is 14.2 Å². The maximum atomic E-state index is 13.5. The summed E-state index contributed by atoms with van der Waals surface area (Å²) < 4.78 is 65.2. The lowest BCUT2D eigenvalue weighted by atomic mass is 10.2. The number of alkyl halides is 3. The lowest BCUT2D eigenvalue weighted by Crippen LogP contribution is -2.25. The number of anilines is 1. The Balaban J connectivity index is 1.58. The highest BCUT2D eigenvalue weighted by Crippen LogP contribution is 2.32. The number of ether oxygens (including phenoxy) is 2. The van der Waals surface area contributed by atoms with Gasteiger partial charge >= 0.3 is 6.18 Å². The molecule has 0 saturated heterocycles. The highest BCUT2D eigenvalue weighted by molar-refractivity contribution is 7.99.